The summed E-state index contributed by atoms with van der Waals surface area (Å²) in [7, 11) is -3.21. The second-order valence-electron chi connectivity index (χ2n) is 1.97. The summed E-state index contributed by atoms with van der Waals surface area (Å²) in [5, 5.41) is 0. The molecule has 0 bridgehead atoms. The first-order valence-corrected chi connectivity index (χ1v) is 9.40. The van der Waals surface area contributed by atoms with Crippen molar-refractivity contribution in [2.75, 3.05) is 0 Å². The summed E-state index contributed by atoms with van der Waals surface area (Å²) >= 11 is 0. The van der Waals surface area contributed by atoms with E-state index in [1.807, 2.05) is 19.6 Å². The minimum absolute atomic E-state index is 0.0975. The predicted octanol–water partition coefficient (Wildman–Crippen LogP) is -0.0454. The Bertz CT molecular complexity index is 112. The molecule has 11 heavy (non-hydrogen) atoms. The standard InChI is InChI=1S/C3H9O4Si4/c1-9-4-8-5-10(2)7-11(3)6-9/h1-3H3. The van der Waals surface area contributed by atoms with Gasteiger partial charge in [0.1, 0.15) is 0 Å². The third-order valence-electron chi connectivity index (χ3n) is 0.946. The summed E-state index contributed by atoms with van der Waals surface area (Å²) in [6, 6.07) is 0. The van der Waals surface area contributed by atoms with Crippen LogP contribution in [0.1, 0.15) is 0 Å². The second-order valence-corrected chi connectivity index (χ2v) is 8.35. The molecule has 1 fully saturated rings. The van der Waals surface area contributed by atoms with E-state index < -0.39 is 27.9 Å². The lowest BCUT2D eigenvalue weighted by molar-refractivity contribution is 0.307. The van der Waals surface area contributed by atoms with Gasteiger partial charge in [0.2, 0.25) is 0 Å². The maximum atomic E-state index is 5.47. The molecule has 5 radical (unpaired) electrons. The van der Waals surface area contributed by atoms with Crippen molar-refractivity contribution in [2.45, 2.75) is 19.6 Å². The van der Waals surface area contributed by atoms with Gasteiger partial charge in [-0.3, -0.25) is 0 Å². The minimum atomic E-state index is -1.10. The van der Waals surface area contributed by atoms with E-state index in [0.29, 0.717) is 0 Å². The Hall–Kier alpha value is 0.708. The lowest BCUT2D eigenvalue weighted by Crippen LogP contribution is -2.40. The molecule has 0 amide bonds. The summed E-state index contributed by atoms with van der Waals surface area (Å²) in [4.78, 5) is 0. The lowest BCUT2D eigenvalue weighted by Gasteiger charge is -2.21. The van der Waals surface area contributed by atoms with Gasteiger partial charge in [-0.15, -0.1) is 0 Å². The lowest BCUT2D eigenvalue weighted by atomic mass is 11.9. The number of hydrogen-bond donors (Lipinski definition) is 0. The van der Waals surface area contributed by atoms with Crippen LogP contribution in [0.5, 0.6) is 0 Å². The summed E-state index contributed by atoms with van der Waals surface area (Å²) < 4.78 is 21.5. The van der Waals surface area contributed by atoms with Gasteiger partial charge >= 0.3 is 37.9 Å². The van der Waals surface area contributed by atoms with Gasteiger partial charge in [0.25, 0.3) is 0 Å². The van der Waals surface area contributed by atoms with Gasteiger partial charge < -0.3 is 16.5 Å². The van der Waals surface area contributed by atoms with Gasteiger partial charge in [0, 0.05) is 0 Å². The zero-order valence-electron chi connectivity index (χ0n) is 6.63. The third-order valence-corrected chi connectivity index (χ3v) is 8.51. The zero-order valence-corrected chi connectivity index (χ0v) is 10.6. The van der Waals surface area contributed by atoms with Gasteiger partial charge in [-0.05, 0) is 19.6 Å². The van der Waals surface area contributed by atoms with Crippen LogP contribution in [0.4, 0.5) is 0 Å². The van der Waals surface area contributed by atoms with Crippen LogP contribution in [0.25, 0.3) is 0 Å². The van der Waals surface area contributed by atoms with Crippen molar-refractivity contribution < 1.29 is 16.5 Å². The van der Waals surface area contributed by atoms with E-state index in [9.17, 15) is 0 Å². The fourth-order valence-electron chi connectivity index (χ4n) is 0.605. The first kappa shape index (κ1) is 9.79. The molecule has 0 aromatic carbocycles. The zero-order chi connectivity index (χ0) is 8.27. The SMILES string of the molecule is C[Si]1O[Si]O[Si](C)O[Si](C)O1. The smallest absolute Gasteiger partial charge is 0.413 e. The Morgan fingerprint density at radius 3 is 1.73 bits per heavy atom. The molecule has 1 aliphatic rings. The van der Waals surface area contributed by atoms with Gasteiger partial charge in [-0.2, -0.15) is 0 Å². The van der Waals surface area contributed by atoms with Crippen LogP contribution in [0, 0.1) is 0 Å². The quantitative estimate of drug-likeness (QED) is 0.538. The topological polar surface area (TPSA) is 36.9 Å². The first-order valence-electron chi connectivity index (χ1n) is 3.13. The summed E-state index contributed by atoms with van der Waals surface area (Å²) in [6.45, 7) is 5.87. The second kappa shape index (κ2) is 4.66. The fourth-order valence-corrected chi connectivity index (χ4v) is 6.95. The Morgan fingerprint density at radius 1 is 0.818 bits per heavy atom. The van der Waals surface area contributed by atoms with Crippen molar-refractivity contribution >= 4 is 37.9 Å². The molecule has 1 aliphatic heterocycles. The Morgan fingerprint density at radius 2 is 1.27 bits per heavy atom. The molecule has 8 heteroatoms. The largest absolute Gasteiger partial charge is 0.414 e. The van der Waals surface area contributed by atoms with Crippen molar-refractivity contribution in [3.63, 3.8) is 0 Å². The van der Waals surface area contributed by atoms with Crippen LogP contribution in [0.2, 0.25) is 19.6 Å². The van der Waals surface area contributed by atoms with Gasteiger partial charge in [-0.1, -0.05) is 0 Å². The predicted molar refractivity (Wildman–Crippen MR) is 44.9 cm³/mol. The van der Waals surface area contributed by atoms with Crippen molar-refractivity contribution in [3.8, 4) is 0 Å². The van der Waals surface area contributed by atoms with Gasteiger partial charge in [-0.25, -0.2) is 0 Å². The molecule has 61 valence electrons. The highest BCUT2D eigenvalue weighted by Crippen LogP contribution is 2.01. The molecule has 1 heterocycles. The molecule has 1 rings (SSSR count). The molecule has 0 spiro atoms. The molecule has 0 N–H and O–H groups in total. The van der Waals surface area contributed by atoms with Crippen LogP contribution >= 0.6 is 0 Å². The summed E-state index contributed by atoms with van der Waals surface area (Å²) in [6.07, 6.45) is 0. The van der Waals surface area contributed by atoms with E-state index in [4.69, 9.17) is 16.5 Å². The third kappa shape index (κ3) is 3.75. The Kier molecular flexibility index (Phi) is 4.15. The fraction of sp³-hybridized carbons (Fsp3) is 1.00. The molecule has 0 saturated carbocycles. The van der Waals surface area contributed by atoms with Crippen LogP contribution < -0.4 is 0 Å². The number of rotatable bonds is 0. The minimum Gasteiger partial charge on any atom is -0.414 e. The molecular formula is C3H9O4Si4. The number of hydrogen-bond acceptors (Lipinski definition) is 4. The molecule has 0 atom stereocenters. The molecule has 1 saturated heterocycles. The maximum absolute atomic E-state index is 5.47. The summed E-state index contributed by atoms with van der Waals surface area (Å²) in [5.41, 5.74) is 0. The van der Waals surface area contributed by atoms with Crippen molar-refractivity contribution in [1.29, 1.82) is 0 Å². The molecule has 0 aromatic heterocycles. The molecule has 0 aliphatic carbocycles. The van der Waals surface area contributed by atoms with Gasteiger partial charge in [0.15, 0.2) is 0 Å². The van der Waals surface area contributed by atoms with Crippen molar-refractivity contribution in [3.05, 3.63) is 0 Å². The first-order chi connectivity index (χ1) is 5.18. The molecule has 0 unspecified atom stereocenters. The molecule has 4 nitrogen and oxygen atoms in total. The highest BCUT2D eigenvalue weighted by molar-refractivity contribution is 6.68. The normalized spacial score (nSPS) is 26.5. The molecular weight excluding hydrogens is 212 g/mol. The molecule has 0 aromatic rings. The Balaban J connectivity index is 2.34. The average molecular weight is 221 g/mol. The van der Waals surface area contributed by atoms with Gasteiger partial charge in [0.05, 0.1) is 0 Å². The van der Waals surface area contributed by atoms with Crippen LogP contribution in [-0.4, -0.2) is 37.9 Å². The average Bonchev–Trinajstić information content (AvgIpc) is 1.83. The van der Waals surface area contributed by atoms with Crippen LogP contribution in [0.15, 0.2) is 0 Å². The maximum Gasteiger partial charge on any atom is 0.413 e. The summed E-state index contributed by atoms with van der Waals surface area (Å²) in [5.74, 6) is 0. The van der Waals surface area contributed by atoms with E-state index in [1.54, 1.807) is 0 Å². The highest BCUT2D eigenvalue weighted by Gasteiger charge is 2.25. The van der Waals surface area contributed by atoms with E-state index in [2.05, 4.69) is 0 Å². The Labute approximate surface area is 74.4 Å². The van der Waals surface area contributed by atoms with Crippen molar-refractivity contribution in [2.24, 2.45) is 0 Å². The van der Waals surface area contributed by atoms with E-state index >= 15 is 0 Å². The van der Waals surface area contributed by atoms with E-state index in [1.165, 1.54) is 0 Å². The van der Waals surface area contributed by atoms with Crippen LogP contribution in [-0.2, 0) is 16.5 Å². The van der Waals surface area contributed by atoms with Crippen LogP contribution in [0.3, 0.4) is 0 Å². The monoisotopic (exact) mass is 221 g/mol. The highest BCUT2D eigenvalue weighted by atomic mass is 28.5. The van der Waals surface area contributed by atoms with E-state index in [0.717, 1.165) is 0 Å². The van der Waals surface area contributed by atoms with Crippen molar-refractivity contribution in [1.82, 2.24) is 0 Å². The van der Waals surface area contributed by atoms with E-state index in [-0.39, 0.29) is 10.0 Å².